The second-order valence-electron chi connectivity index (χ2n) is 3.94. The summed E-state index contributed by atoms with van der Waals surface area (Å²) in [6.07, 6.45) is 0. The number of hydrogen-bond donors (Lipinski definition) is 1. The quantitative estimate of drug-likeness (QED) is 0.423. The molecule has 0 radical (unpaired) electrons. The molecule has 0 spiro atoms. The molecule has 64 valence electrons. The van der Waals surface area contributed by atoms with E-state index in [9.17, 15) is 0 Å². The third-order valence-electron chi connectivity index (χ3n) is 0.274. The van der Waals surface area contributed by atoms with Gasteiger partial charge in [-0.1, -0.05) is 20.8 Å². The third-order valence-corrected chi connectivity index (χ3v) is 0.274. The molecule has 0 amide bonds. The third kappa shape index (κ3) is 44.5. The second-order valence-corrected chi connectivity index (χ2v) is 3.94. The summed E-state index contributed by atoms with van der Waals surface area (Å²) in [5.41, 5.74) is -0.403. The first-order valence-electron chi connectivity index (χ1n) is 3.62. The first-order chi connectivity index (χ1) is 4.29. The van der Waals surface area contributed by atoms with Crippen LogP contribution < -0.4 is 0 Å². The molecule has 0 aromatic heterocycles. The lowest BCUT2D eigenvalue weighted by atomic mass is 10.2. The highest BCUT2D eigenvalue weighted by Crippen LogP contribution is 2.01. The van der Waals surface area contributed by atoms with Gasteiger partial charge in [-0.25, -0.2) is 4.89 Å². The van der Waals surface area contributed by atoms with Gasteiger partial charge < -0.3 is 0 Å². The Labute approximate surface area is 64.1 Å². The van der Waals surface area contributed by atoms with E-state index >= 15 is 0 Å². The monoisotopic (exact) mass is 148 g/mol. The van der Waals surface area contributed by atoms with Crippen molar-refractivity contribution >= 4 is 0 Å². The fourth-order valence-electron chi connectivity index (χ4n) is 0. The second kappa shape index (κ2) is 5.69. The van der Waals surface area contributed by atoms with E-state index in [1.54, 1.807) is 20.8 Å². The summed E-state index contributed by atoms with van der Waals surface area (Å²) >= 11 is 0. The lowest BCUT2D eigenvalue weighted by Gasteiger charge is -2.10. The van der Waals surface area contributed by atoms with Crippen LogP contribution in [0.4, 0.5) is 0 Å². The molecule has 2 nitrogen and oxygen atoms in total. The van der Waals surface area contributed by atoms with E-state index in [-0.39, 0.29) is 0 Å². The van der Waals surface area contributed by atoms with Crippen LogP contribution in [-0.2, 0) is 4.89 Å². The van der Waals surface area contributed by atoms with Crippen molar-refractivity contribution in [3.8, 4) is 0 Å². The largest absolute Gasteiger partial charge is 0.251 e. The Bertz CT molecular complexity index is 59.4. The molecule has 0 aliphatic heterocycles. The van der Waals surface area contributed by atoms with Gasteiger partial charge in [-0.2, -0.15) is 0 Å². The van der Waals surface area contributed by atoms with Gasteiger partial charge in [0.25, 0.3) is 0 Å². The van der Waals surface area contributed by atoms with Gasteiger partial charge in [-0.15, -0.1) is 0 Å². The summed E-state index contributed by atoms with van der Waals surface area (Å²) in [5.74, 6) is 0.833. The zero-order valence-corrected chi connectivity index (χ0v) is 7.93. The molecule has 0 bridgehead atoms. The van der Waals surface area contributed by atoms with Crippen LogP contribution in [0.15, 0.2) is 0 Å². The van der Waals surface area contributed by atoms with Crippen molar-refractivity contribution in [1.82, 2.24) is 0 Å². The average Bonchev–Trinajstić information content (AvgIpc) is 1.63. The van der Waals surface area contributed by atoms with E-state index in [2.05, 4.69) is 25.7 Å². The zero-order chi connectivity index (χ0) is 8.78. The number of hydrogen-bond acceptors (Lipinski definition) is 2. The normalized spacial score (nSPS) is 10.8. The maximum absolute atomic E-state index is 7.90. The molecule has 0 heterocycles. The van der Waals surface area contributed by atoms with Crippen LogP contribution in [0.2, 0.25) is 0 Å². The van der Waals surface area contributed by atoms with E-state index < -0.39 is 5.60 Å². The minimum absolute atomic E-state index is 0.403. The highest BCUT2D eigenvalue weighted by Gasteiger charge is 2.06. The maximum Gasteiger partial charge on any atom is 0.0949 e. The van der Waals surface area contributed by atoms with Crippen molar-refractivity contribution in [2.45, 2.75) is 47.1 Å². The van der Waals surface area contributed by atoms with Crippen molar-refractivity contribution in [3.63, 3.8) is 0 Å². The molecule has 0 aromatic carbocycles. The summed E-state index contributed by atoms with van der Waals surface area (Å²) in [6, 6.07) is 0. The van der Waals surface area contributed by atoms with Gasteiger partial charge in [0.05, 0.1) is 5.60 Å². The Morgan fingerprint density at radius 2 is 1.20 bits per heavy atom. The molecule has 2 heteroatoms. The van der Waals surface area contributed by atoms with Crippen molar-refractivity contribution in [2.75, 3.05) is 0 Å². The summed E-state index contributed by atoms with van der Waals surface area (Å²) in [7, 11) is 0. The summed E-state index contributed by atoms with van der Waals surface area (Å²) < 4.78 is 0. The summed E-state index contributed by atoms with van der Waals surface area (Å²) in [5, 5.41) is 7.90. The maximum atomic E-state index is 7.90. The molecule has 0 unspecified atom stereocenters. The minimum atomic E-state index is -0.403. The highest BCUT2D eigenvalue weighted by atomic mass is 17.1. The fourth-order valence-corrected chi connectivity index (χ4v) is 0. The molecule has 0 rings (SSSR count). The molecule has 0 fully saturated rings. The smallest absolute Gasteiger partial charge is 0.0949 e. The molecular formula is C8H20O2. The standard InChI is InChI=1S/C4H10O2.C4H10/c1-4(2,3)6-5;1-4(2)3/h5H,1-3H3;4H,1-3H3. The Kier molecular flexibility index (Phi) is 7.15. The molecule has 1 N–H and O–H groups in total. The molecule has 10 heavy (non-hydrogen) atoms. The first kappa shape index (κ1) is 12.6. The fraction of sp³-hybridized carbons (Fsp3) is 1.00. The predicted molar refractivity (Wildman–Crippen MR) is 44.0 cm³/mol. The van der Waals surface area contributed by atoms with Crippen LogP contribution >= 0.6 is 0 Å². The average molecular weight is 148 g/mol. The Morgan fingerprint density at radius 3 is 1.20 bits per heavy atom. The van der Waals surface area contributed by atoms with E-state index in [1.165, 1.54) is 0 Å². The van der Waals surface area contributed by atoms with Gasteiger partial charge in [-0.3, -0.25) is 5.26 Å². The topological polar surface area (TPSA) is 29.5 Å². The van der Waals surface area contributed by atoms with Gasteiger partial charge >= 0.3 is 0 Å². The Morgan fingerprint density at radius 1 is 1.10 bits per heavy atom. The molecule has 0 aromatic rings. The van der Waals surface area contributed by atoms with E-state index in [0.29, 0.717) is 0 Å². The lowest BCUT2D eigenvalue weighted by molar-refractivity contribution is -0.306. The Balaban J connectivity index is 0. The zero-order valence-electron chi connectivity index (χ0n) is 7.93. The first-order valence-corrected chi connectivity index (χ1v) is 3.62. The number of rotatable bonds is 0. The molecular weight excluding hydrogens is 128 g/mol. The minimum Gasteiger partial charge on any atom is -0.251 e. The summed E-state index contributed by atoms with van der Waals surface area (Å²) in [6.45, 7) is 11.8. The van der Waals surface area contributed by atoms with Crippen LogP contribution in [-0.4, -0.2) is 10.9 Å². The van der Waals surface area contributed by atoms with Gasteiger partial charge in [0.2, 0.25) is 0 Å². The van der Waals surface area contributed by atoms with Gasteiger partial charge in [0, 0.05) is 0 Å². The van der Waals surface area contributed by atoms with E-state index in [1.807, 2.05) is 0 Å². The summed E-state index contributed by atoms with van der Waals surface area (Å²) in [4.78, 5) is 3.94. The molecule has 0 aliphatic rings. The molecule has 0 saturated carbocycles. The van der Waals surface area contributed by atoms with Gasteiger partial charge in [-0.05, 0) is 26.7 Å². The van der Waals surface area contributed by atoms with E-state index in [4.69, 9.17) is 5.26 Å². The van der Waals surface area contributed by atoms with Crippen molar-refractivity contribution in [2.24, 2.45) is 5.92 Å². The predicted octanol–water partition coefficient (Wildman–Crippen LogP) is 2.94. The van der Waals surface area contributed by atoms with Crippen LogP contribution in [0.1, 0.15) is 41.5 Å². The highest BCUT2D eigenvalue weighted by molar-refractivity contribution is 4.53. The van der Waals surface area contributed by atoms with Crippen molar-refractivity contribution < 1.29 is 10.1 Å². The van der Waals surface area contributed by atoms with Crippen molar-refractivity contribution in [3.05, 3.63) is 0 Å². The lowest BCUT2D eigenvalue weighted by Crippen LogP contribution is -2.15. The molecule has 0 aliphatic carbocycles. The SMILES string of the molecule is CC(C)(C)OO.CC(C)C. The van der Waals surface area contributed by atoms with Crippen molar-refractivity contribution in [1.29, 1.82) is 0 Å². The van der Waals surface area contributed by atoms with Crippen LogP contribution in [0.3, 0.4) is 0 Å². The van der Waals surface area contributed by atoms with Crippen LogP contribution in [0, 0.1) is 5.92 Å². The van der Waals surface area contributed by atoms with Crippen LogP contribution in [0.25, 0.3) is 0 Å². The van der Waals surface area contributed by atoms with Gasteiger partial charge in [0.15, 0.2) is 0 Å². The van der Waals surface area contributed by atoms with Crippen LogP contribution in [0.5, 0.6) is 0 Å². The molecule has 0 saturated heterocycles. The Hall–Kier alpha value is -0.0800. The molecule has 0 atom stereocenters. The van der Waals surface area contributed by atoms with E-state index in [0.717, 1.165) is 5.92 Å². The van der Waals surface area contributed by atoms with Gasteiger partial charge in [0.1, 0.15) is 0 Å².